The highest BCUT2D eigenvalue weighted by atomic mass is 16.7. The molecule has 2 N–H and O–H groups in total. The molecule has 0 bridgehead atoms. The summed E-state index contributed by atoms with van der Waals surface area (Å²) in [6.07, 6.45) is 5.30. The molecule has 13 nitrogen and oxygen atoms in total. The van der Waals surface area contributed by atoms with Crippen molar-refractivity contribution in [1.82, 2.24) is 15.5 Å². The first-order chi connectivity index (χ1) is 24.3. The standard InChI is InChI=1S/C38H51N3O10/c1-7-10-11-12-13-14-29(39-35(45)51-37(4,5)6)32(42)27-17-26(18-28(27)33(43)40-38(19-25(38)8-2)34(44)47-9-3)50-36(46)41-20-23-15-30-31(49-22-48-30)16-24(23)21-41/h7-8,15-16,25-29H,1-2,9-14,17-22H2,3-6H3,(H,39,45)(H,40,43)/t25-,26+,27?,28-,29+,38-/m1/s1. The highest BCUT2D eigenvalue weighted by Gasteiger charge is 2.62. The number of fused-ring (bicyclic) bond motifs is 2. The number of allylic oxidation sites excluding steroid dienone is 1. The van der Waals surface area contributed by atoms with E-state index in [1.807, 2.05) is 18.2 Å². The zero-order valence-corrected chi connectivity index (χ0v) is 30.1. The Balaban J connectivity index is 1.34. The summed E-state index contributed by atoms with van der Waals surface area (Å²) < 4.78 is 27.7. The van der Waals surface area contributed by atoms with Crippen LogP contribution in [0.1, 0.15) is 90.2 Å². The highest BCUT2D eigenvalue weighted by molar-refractivity contribution is 5.97. The summed E-state index contributed by atoms with van der Waals surface area (Å²) in [5.41, 5.74) is -0.226. The Morgan fingerprint density at radius 3 is 2.27 bits per heavy atom. The van der Waals surface area contributed by atoms with Gasteiger partial charge in [0.2, 0.25) is 12.7 Å². The highest BCUT2D eigenvalue weighted by Crippen LogP contribution is 2.47. The summed E-state index contributed by atoms with van der Waals surface area (Å²) in [6.45, 7) is 15.3. The molecule has 2 aliphatic heterocycles. The molecule has 4 aliphatic rings. The minimum absolute atomic E-state index is 0.0564. The number of nitrogens with one attached hydrogen (secondary N) is 2. The van der Waals surface area contributed by atoms with Gasteiger partial charge in [0.25, 0.3) is 0 Å². The number of nitrogens with zero attached hydrogens (tertiary/aromatic N) is 1. The Bertz CT molecular complexity index is 1500. The lowest BCUT2D eigenvalue weighted by Gasteiger charge is -2.27. The molecule has 13 heteroatoms. The third-order valence-electron chi connectivity index (χ3n) is 9.89. The van der Waals surface area contributed by atoms with E-state index in [4.69, 9.17) is 23.7 Å². The Hall–Kier alpha value is -4.55. The second kappa shape index (κ2) is 15.8. The fourth-order valence-corrected chi connectivity index (χ4v) is 7.21. The number of carbonyl (C=O) groups is 5. The molecule has 3 amide bonds. The monoisotopic (exact) mass is 709 g/mol. The van der Waals surface area contributed by atoms with Gasteiger partial charge in [-0.1, -0.05) is 25.0 Å². The van der Waals surface area contributed by atoms with Crippen molar-refractivity contribution in [3.05, 3.63) is 48.6 Å². The Morgan fingerprint density at radius 1 is 1.02 bits per heavy atom. The number of amides is 3. The molecule has 0 aromatic heterocycles. The predicted molar refractivity (Wildman–Crippen MR) is 186 cm³/mol. The van der Waals surface area contributed by atoms with Crippen LogP contribution in [0.25, 0.3) is 0 Å². The van der Waals surface area contributed by atoms with Gasteiger partial charge in [0, 0.05) is 24.9 Å². The van der Waals surface area contributed by atoms with Crippen LogP contribution >= 0.6 is 0 Å². The molecule has 6 atom stereocenters. The van der Waals surface area contributed by atoms with Crippen LogP contribution < -0.4 is 20.1 Å². The van der Waals surface area contributed by atoms with Gasteiger partial charge < -0.3 is 34.3 Å². The molecule has 0 radical (unpaired) electrons. The maximum atomic E-state index is 14.4. The van der Waals surface area contributed by atoms with Crippen LogP contribution in [0.4, 0.5) is 9.59 Å². The van der Waals surface area contributed by atoms with Gasteiger partial charge in [0.1, 0.15) is 17.2 Å². The SMILES string of the molecule is C=CCCCCC[C@H](NC(=O)OC(C)(C)C)C(=O)C1C[C@H](OC(=O)N2Cc3cc4c(cc3C2)OCO4)C[C@H]1C(=O)N[C@]1(C(=O)OCC)C[C@H]1C=C. The van der Waals surface area contributed by atoms with E-state index in [2.05, 4.69) is 23.8 Å². The molecule has 2 fully saturated rings. The second-order valence-electron chi connectivity index (χ2n) is 14.8. The van der Waals surface area contributed by atoms with Crippen molar-refractivity contribution in [3.8, 4) is 11.5 Å². The van der Waals surface area contributed by atoms with Crippen LogP contribution in [0.15, 0.2) is 37.4 Å². The summed E-state index contributed by atoms with van der Waals surface area (Å²) >= 11 is 0. The topological polar surface area (TPSA) is 159 Å². The summed E-state index contributed by atoms with van der Waals surface area (Å²) in [4.78, 5) is 69.5. The predicted octanol–water partition coefficient (Wildman–Crippen LogP) is 5.49. The molecule has 2 aliphatic carbocycles. The number of carbonyl (C=O) groups excluding carboxylic acids is 5. The van der Waals surface area contributed by atoms with E-state index in [1.54, 1.807) is 38.7 Å². The summed E-state index contributed by atoms with van der Waals surface area (Å²) in [6, 6.07) is 2.77. The third-order valence-corrected chi connectivity index (χ3v) is 9.89. The maximum absolute atomic E-state index is 14.4. The Labute approximate surface area is 299 Å². The molecular formula is C38H51N3O10. The van der Waals surface area contributed by atoms with E-state index >= 15 is 0 Å². The van der Waals surface area contributed by atoms with Gasteiger partial charge in [-0.05, 0) is 89.5 Å². The van der Waals surface area contributed by atoms with Gasteiger partial charge in [-0.25, -0.2) is 14.4 Å². The van der Waals surface area contributed by atoms with Crippen molar-refractivity contribution in [2.45, 2.75) is 115 Å². The average Bonchev–Trinajstić information content (AvgIpc) is 3.40. The molecule has 1 aromatic rings. The van der Waals surface area contributed by atoms with E-state index in [9.17, 15) is 24.0 Å². The van der Waals surface area contributed by atoms with Crippen LogP contribution in [0.5, 0.6) is 11.5 Å². The number of esters is 1. The second-order valence-corrected chi connectivity index (χ2v) is 14.8. The number of hydrogen-bond acceptors (Lipinski definition) is 10. The number of Topliss-reactive ketones (excluding diaryl/α,β-unsaturated/α-hetero) is 1. The lowest BCUT2D eigenvalue weighted by atomic mass is 9.85. The van der Waals surface area contributed by atoms with E-state index < -0.39 is 59.2 Å². The maximum Gasteiger partial charge on any atom is 0.410 e. The molecule has 5 rings (SSSR count). The zero-order valence-electron chi connectivity index (χ0n) is 30.1. The van der Waals surface area contributed by atoms with Crippen molar-refractivity contribution < 1.29 is 47.7 Å². The Morgan fingerprint density at radius 2 is 1.69 bits per heavy atom. The van der Waals surface area contributed by atoms with Gasteiger partial charge in [-0.15, -0.1) is 13.2 Å². The third kappa shape index (κ3) is 8.85. The van der Waals surface area contributed by atoms with Gasteiger partial charge >= 0.3 is 18.2 Å². The van der Waals surface area contributed by atoms with E-state index in [0.717, 1.165) is 30.4 Å². The van der Waals surface area contributed by atoms with Crippen LogP contribution in [0.2, 0.25) is 0 Å². The number of ketones is 1. The van der Waals surface area contributed by atoms with Crippen LogP contribution in [0.3, 0.4) is 0 Å². The van der Waals surface area contributed by atoms with Gasteiger partial charge in [-0.2, -0.15) is 0 Å². The first-order valence-corrected chi connectivity index (χ1v) is 17.9. The summed E-state index contributed by atoms with van der Waals surface area (Å²) in [7, 11) is 0. The van der Waals surface area contributed by atoms with E-state index in [-0.39, 0.29) is 37.9 Å². The minimum Gasteiger partial charge on any atom is -0.464 e. The van der Waals surface area contributed by atoms with Crippen LogP contribution in [-0.2, 0) is 41.7 Å². The molecule has 1 unspecified atom stereocenters. The number of hydrogen-bond donors (Lipinski definition) is 2. The van der Waals surface area contributed by atoms with E-state index in [0.29, 0.717) is 43.9 Å². The largest absolute Gasteiger partial charge is 0.464 e. The van der Waals surface area contributed by atoms with E-state index in [1.165, 1.54) is 0 Å². The quantitative estimate of drug-likeness (QED) is 0.103. The van der Waals surface area contributed by atoms with Crippen molar-refractivity contribution in [2.75, 3.05) is 13.4 Å². The van der Waals surface area contributed by atoms with Crippen molar-refractivity contribution >= 4 is 29.8 Å². The average molecular weight is 710 g/mol. The number of rotatable bonds is 15. The lowest BCUT2D eigenvalue weighted by molar-refractivity contribution is -0.150. The van der Waals surface area contributed by atoms with Crippen LogP contribution in [0, 0.1) is 17.8 Å². The smallest absolute Gasteiger partial charge is 0.410 e. The lowest BCUT2D eigenvalue weighted by Crippen LogP contribution is -2.51. The fourth-order valence-electron chi connectivity index (χ4n) is 7.21. The molecule has 2 saturated carbocycles. The molecule has 0 saturated heterocycles. The molecule has 278 valence electrons. The fraction of sp³-hybridized carbons (Fsp3) is 0.605. The minimum atomic E-state index is -1.27. The van der Waals surface area contributed by atoms with Gasteiger partial charge in [0.05, 0.1) is 18.6 Å². The van der Waals surface area contributed by atoms with Crippen LogP contribution in [-0.4, -0.2) is 71.4 Å². The Kier molecular flexibility index (Phi) is 11.7. The van der Waals surface area contributed by atoms with Gasteiger partial charge in [-0.3, -0.25) is 14.5 Å². The first-order valence-electron chi connectivity index (χ1n) is 17.9. The van der Waals surface area contributed by atoms with Crippen molar-refractivity contribution in [1.29, 1.82) is 0 Å². The van der Waals surface area contributed by atoms with Crippen molar-refractivity contribution in [2.24, 2.45) is 17.8 Å². The molecule has 51 heavy (non-hydrogen) atoms. The molecule has 2 heterocycles. The van der Waals surface area contributed by atoms with Crippen molar-refractivity contribution in [3.63, 3.8) is 0 Å². The molecule has 0 spiro atoms. The normalized spacial score (nSPS) is 24.9. The molecular weight excluding hydrogens is 658 g/mol. The number of alkyl carbamates (subject to hydrolysis) is 1. The zero-order chi connectivity index (χ0) is 36.9. The number of benzene rings is 1. The summed E-state index contributed by atoms with van der Waals surface area (Å²) in [5.74, 6) is -2.36. The number of ether oxygens (including phenoxy) is 5. The first kappa shape index (κ1) is 37.7. The molecule has 1 aromatic carbocycles. The summed E-state index contributed by atoms with van der Waals surface area (Å²) in [5, 5.41) is 5.64. The van der Waals surface area contributed by atoms with Gasteiger partial charge in [0.15, 0.2) is 17.3 Å². The number of unbranched alkanes of at least 4 members (excludes halogenated alkanes) is 3.